The van der Waals surface area contributed by atoms with Crippen LogP contribution in [0.25, 0.3) is 23.0 Å². The van der Waals surface area contributed by atoms with Gasteiger partial charge in [0.05, 0.1) is 12.7 Å². The maximum absolute atomic E-state index is 9.92. The highest BCUT2D eigenvalue weighted by molar-refractivity contribution is 5.65. The Hall–Kier alpha value is -2.96. The first-order valence-electron chi connectivity index (χ1n) is 5.75. The minimum atomic E-state index is 0.00207. The zero-order chi connectivity index (χ0) is 13.9. The first-order chi connectivity index (χ1) is 9.78. The summed E-state index contributed by atoms with van der Waals surface area (Å²) in [4.78, 5) is 12.0. The molecule has 1 N–H and O–H groups in total. The molecule has 0 aliphatic rings. The lowest BCUT2D eigenvalue weighted by Gasteiger charge is -2.02. The van der Waals surface area contributed by atoms with Gasteiger partial charge in [0.1, 0.15) is 23.5 Å². The van der Waals surface area contributed by atoms with Gasteiger partial charge in [0.15, 0.2) is 0 Å². The second-order valence-electron chi connectivity index (χ2n) is 3.90. The molecule has 0 unspecified atom stereocenters. The van der Waals surface area contributed by atoms with E-state index in [1.165, 1.54) is 19.5 Å². The van der Waals surface area contributed by atoms with E-state index in [1.807, 2.05) is 0 Å². The Morgan fingerprint density at radius 1 is 1.25 bits per heavy atom. The lowest BCUT2D eigenvalue weighted by molar-refractivity contribution is 0.405. The molecule has 0 fully saturated rings. The summed E-state index contributed by atoms with van der Waals surface area (Å²) in [5.41, 5.74) is 0.974. The highest BCUT2D eigenvalue weighted by atomic mass is 16.5. The Balaban J connectivity index is 1.98. The first-order valence-corrected chi connectivity index (χ1v) is 5.75. The van der Waals surface area contributed by atoms with Gasteiger partial charge in [-0.15, -0.1) is 0 Å². The van der Waals surface area contributed by atoms with E-state index in [0.717, 1.165) is 0 Å². The average molecular weight is 270 g/mol. The van der Waals surface area contributed by atoms with Gasteiger partial charge in [-0.1, -0.05) is 5.16 Å². The molecule has 0 spiro atoms. The number of hydrogen-bond acceptors (Lipinski definition) is 7. The zero-order valence-electron chi connectivity index (χ0n) is 10.5. The van der Waals surface area contributed by atoms with Crippen LogP contribution in [0.1, 0.15) is 0 Å². The monoisotopic (exact) mass is 270 g/mol. The van der Waals surface area contributed by atoms with Gasteiger partial charge in [0.2, 0.25) is 5.82 Å². The van der Waals surface area contributed by atoms with E-state index in [2.05, 4.69) is 20.1 Å². The standard InChI is InChI=1S/C13H10N4O3/c1-19-8-2-3-9(11(18)6-8)13-16-12(17-20-13)10-4-5-14-7-15-10/h2-7,18H,1H3. The molecule has 0 amide bonds. The molecule has 2 heterocycles. The molecule has 0 saturated carbocycles. The Labute approximate surface area is 113 Å². The number of ether oxygens (including phenoxy) is 1. The molecule has 0 saturated heterocycles. The van der Waals surface area contributed by atoms with Gasteiger partial charge < -0.3 is 14.4 Å². The summed E-state index contributed by atoms with van der Waals surface area (Å²) in [7, 11) is 1.52. The minimum absolute atomic E-state index is 0.00207. The van der Waals surface area contributed by atoms with Gasteiger partial charge in [0.25, 0.3) is 5.89 Å². The molecule has 1 aromatic carbocycles. The molecule has 0 bridgehead atoms. The zero-order valence-corrected chi connectivity index (χ0v) is 10.5. The van der Waals surface area contributed by atoms with Crippen LogP contribution < -0.4 is 4.74 Å². The number of nitrogens with zero attached hydrogens (tertiary/aromatic N) is 4. The van der Waals surface area contributed by atoms with Crippen LogP contribution in [0.4, 0.5) is 0 Å². The number of benzene rings is 1. The van der Waals surface area contributed by atoms with E-state index in [-0.39, 0.29) is 11.6 Å². The van der Waals surface area contributed by atoms with Gasteiger partial charge >= 0.3 is 0 Å². The summed E-state index contributed by atoms with van der Waals surface area (Å²) in [6, 6.07) is 6.49. The molecular formula is C13H10N4O3. The maximum Gasteiger partial charge on any atom is 0.262 e. The second kappa shape index (κ2) is 4.96. The molecule has 3 aromatic rings. The van der Waals surface area contributed by atoms with Crippen LogP contribution in [-0.2, 0) is 0 Å². The molecular weight excluding hydrogens is 260 g/mol. The average Bonchev–Trinajstić information content (AvgIpc) is 2.97. The van der Waals surface area contributed by atoms with Gasteiger partial charge in [-0.25, -0.2) is 9.97 Å². The van der Waals surface area contributed by atoms with Crippen LogP contribution in [0.15, 0.2) is 41.3 Å². The summed E-state index contributed by atoms with van der Waals surface area (Å²) in [6.45, 7) is 0. The summed E-state index contributed by atoms with van der Waals surface area (Å²) in [5.74, 6) is 1.08. The summed E-state index contributed by atoms with van der Waals surface area (Å²) in [6.07, 6.45) is 2.99. The number of phenols is 1. The number of rotatable bonds is 3. The van der Waals surface area contributed by atoms with Crippen molar-refractivity contribution >= 4 is 0 Å². The van der Waals surface area contributed by atoms with E-state index in [4.69, 9.17) is 9.26 Å². The van der Waals surface area contributed by atoms with Crippen LogP contribution in [0.2, 0.25) is 0 Å². The predicted octanol–water partition coefficient (Wildman–Crippen LogP) is 1.91. The van der Waals surface area contributed by atoms with Gasteiger partial charge in [0, 0.05) is 12.3 Å². The molecule has 0 aliphatic heterocycles. The summed E-state index contributed by atoms with van der Waals surface area (Å²) >= 11 is 0. The van der Waals surface area contributed by atoms with E-state index in [0.29, 0.717) is 22.8 Å². The largest absolute Gasteiger partial charge is 0.507 e. The predicted molar refractivity (Wildman–Crippen MR) is 69.0 cm³/mol. The fourth-order valence-electron chi connectivity index (χ4n) is 1.68. The molecule has 7 heteroatoms. The molecule has 0 atom stereocenters. The second-order valence-corrected chi connectivity index (χ2v) is 3.90. The lowest BCUT2D eigenvalue weighted by Crippen LogP contribution is -1.86. The molecule has 2 aromatic heterocycles. The van der Waals surface area contributed by atoms with Crippen LogP contribution in [0, 0.1) is 0 Å². The third-order valence-corrected chi connectivity index (χ3v) is 2.67. The molecule has 0 radical (unpaired) electrons. The van der Waals surface area contributed by atoms with E-state index in [1.54, 1.807) is 24.4 Å². The maximum atomic E-state index is 9.92. The Bertz CT molecular complexity index is 727. The van der Waals surface area contributed by atoms with Crippen molar-refractivity contribution in [3.05, 3.63) is 36.8 Å². The quantitative estimate of drug-likeness (QED) is 0.776. The van der Waals surface area contributed by atoms with Crippen molar-refractivity contribution in [2.24, 2.45) is 0 Å². The Morgan fingerprint density at radius 2 is 2.15 bits per heavy atom. The molecule has 3 rings (SSSR count). The molecule has 0 aliphatic carbocycles. The van der Waals surface area contributed by atoms with Crippen molar-refractivity contribution < 1.29 is 14.4 Å². The Morgan fingerprint density at radius 3 is 2.85 bits per heavy atom. The third kappa shape index (κ3) is 2.16. The first kappa shape index (κ1) is 12.1. The number of methoxy groups -OCH3 is 1. The smallest absolute Gasteiger partial charge is 0.262 e. The number of hydrogen-bond donors (Lipinski definition) is 1. The van der Waals surface area contributed by atoms with E-state index < -0.39 is 0 Å². The van der Waals surface area contributed by atoms with Gasteiger partial charge in [-0.3, -0.25) is 0 Å². The van der Waals surface area contributed by atoms with Gasteiger partial charge in [-0.2, -0.15) is 4.98 Å². The van der Waals surface area contributed by atoms with E-state index >= 15 is 0 Å². The topological polar surface area (TPSA) is 94.2 Å². The van der Waals surface area contributed by atoms with E-state index in [9.17, 15) is 5.11 Å². The van der Waals surface area contributed by atoms with Crippen LogP contribution in [0.3, 0.4) is 0 Å². The van der Waals surface area contributed by atoms with Crippen molar-refractivity contribution in [3.63, 3.8) is 0 Å². The minimum Gasteiger partial charge on any atom is -0.507 e. The fourth-order valence-corrected chi connectivity index (χ4v) is 1.68. The van der Waals surface area contributed by atoms with Crippen LogP contribution in [-0.4, -0.2) is 32.3 Å². The number of phenolic OH excluding ortho intramolecular Hbond substituents is 1. The summed E-state index contributed by atoms with van der Waals surface area (Å²) in [5, 5.41) is 13.8. The van der Waals surface area contributed by atoms with Crippen molar-refractivity contribution in [2.45, 2.75) is 0 Å². The van der Waals surface area contributed by atoms with Crippen LogP contribution >= 0.6 is 0 Å². The van der Waals surface area contributed by atoms with Crippen molar-refractivity contribution in [1.82, 2.24) is 20.1 Å². The van der Waals surface area contributed by atoms with Crippen LogP contribution in [0.5, 0.6) is 11.5 Å². The fraction of sp³-hybridized carbons (Fsp3) is 0.0769. The molecule has 7 nitrogen and oxygen atoms in total. The number of aromatic nitrogens is 4. The van der Waals surface area contributed by atoms with Crippen molar-refractivity contribution in [3.8, 4) is 34.5 Å². The van der Waals surface area contributed by atoms with Crippen molar-refractivity contribution in [1.29, 1.82) is 0 Å². The highest BCUT2D eigenvalue weighted by Gasteiger charge is 2.15. The SMILES string of the molecule is COc1ccc(-c2nc(-c3ccncn3)no2)c(O)c1. The number of aromatic hydroxyl groups is 1. The van der Waals surface area contributed by atoms with Crippen molar-refractivity contribution in [2.75, 3.05) is 7.11 Å². The Kier molecular flexibility index (Phi) is 3.00. The highest BCUT2D eigenvalue weighted by Crippen LogP contribution is 2.32. The van der Waals surface area contributed by atoms with Gasteiger partial charge in [-0.05, 0) is 18.2 Å². The summed E-state index contributed by atoms with van der Waals surface area (Å²) < 4.78 is 10.2. The normalized spacial score (nSPS) is 10.4. The lowest BCUT2D eigenvalue weighted by atomic mass is 10.2. The molecule has 100 valence electrons. The molecule has 20 heavy (non-hydrogen) atoms. The third-order valence-electron chi connectivity index (χ3n) is 2.67.